The Kier molecular flexibility index (Phi) is 4.18. The maximum Gasteiger partial charge on any atom is 0.254 e. The lowest BCUT2D eigenvalue weighted by molar-refractivity contribution is 0.415. The highest BCUT2D eigenvalue weighted by atomic mass is 35.5. The molecule has 0 fully saturated rings. The number of hydrogen-bond acceptors (Lipinski definition) is 5. The van der Waals surface area contributed by atoms with E-state index in [0.717, 1.165) is 28.5 Å². The second kappa shape index (κ2) is 6.65. The first kappa shape index (κ1) is 16.4. The summed E-state index contributed by atoms with van der Waals surface area (Å²) in [6.07, 6.45) is 0. The number of ether oxygens (including phenoxy) is 1. The molecule has 2 heterocycles. The fraction of sp³-hybridized carbons (Fsp3) is 0.105. The number of aromatic nitrogens is 4. The molecule has 6 nitrogen and oxygen atoms in total. The van der Waals surface area contributed by atoms with Crippen molar-refractivity contribution in [2.75, 3.05) is 12.4 Å². The normalized spacial score (nSPS) is 10.9. The average Bonchev–Trinajstić information content (AvgIpc) is 3.08. The van der Waals surface area contributed by atoms with Crippen LogP contribution in [0.3, 0.4) is 0 Å². The molecule has 0 saturated carbocycles. The van der Waals surface area contributed by atoms with Crippen LogP contribution in [-0.2, 0) is 0 Å². The second-order valence-corrected chi connectivity index (χ2v) is 6.17. The van der Waals surface area contributed by atoms with E-state index < -0.39 is 0 Å². The van der Waals surface area contributed by atoms with Crippen molar-refractivity contribution in [2.45, 2.75) is 6.92 Å². The van der Waals surface area contributed by atoms with Crippen molar-refractivity contribution in [1.82, 2.24) is 19.6 Å². The van der Waals surface area contributed by atoms with E-state index in [1.54, 1.807) is 11.6 Å². The molecule has 0 bridgehead atoms. The van der Waals surface area contributed by atoms with Gasteiger partial charge in [0.2, 0.25) is 0 Å². The Labute approximate surface area is 155 Å². The maximum atomic E-state index is 6.26. The molecule has 26 heavy (non-hydrogen) atoms. The van der Waals surface area contributed by atoms with Gasteiger partial charge in [-0.15, -0.1) is 5.10 Å². The van der Waals surface area contributed by atoms with E-state index in [1.165, 1.54) is 0 Å². The van der Waals surface area contributed by atoms with Crippen LogP contribution >= 0.6 is 11.6 Å². The zero-order valence-corrected chi connectivity index (χ0v) is 15.0. The van der Waals surface area contributed by atoms with Crippen LogP contribution in [0.15, 0.2) is 54.6 Å². The summed E-state index contributed by atoms with van der Waals surface area (Å²) < 4.78 is 6.87. The predicted octanol–water partition coefficient (Wildman–Crippen LogP) is 4.51. The van der Waals surface area contributed by atoms with Gasteiger partial charge in [-0.25, -0.2) is 4.98 Å². The summed E-state index contributed by atoms with van der Waals surface area (Å²) in [6, 6.07) is 17.0. The molecule has 0 aliphatic rings. The summed E-state index contributed by atoms with van der Waals surface area (Å²) in [4.78, 5) is 9.02. The maximum absolute atomic E-state index is 6.26. The van der Waals surface area contributed by atoms with Crippen molar-refractivity contribution in [3.63, 3.8) is 0 Å². The van der Waals surface area contributed by atoms with Crippen LogP contribution in [0.25, 0.3) is 17.2 Å². The number of benzene rings is 2. The van der Waals surface area contributed by atoms with E-state index in [-0.39, 0.29) is 0 Å². The first-order valence-corrected chi connectivity index (χ1v) is 8.42. The lowest BCUT2D eigenvalue weighted by Crippen LogP contribution is -2.03. The molecule has 0 unspecified atom stereocenters. The summed E-state index contributed by atoms with van der Waals surface area (Å²) in [6.45, 7) is 1.92. The molecular weight excluding hydrogens is 350 g/mol. The molecule has 4 aromatic rings. The summed E-state index contributed by atoms with van der Waals surface area (Å²) >= 11 is 6.26. The first-order chi connectivity index (χ1) is 12.6. The molecule has 0 radical (unpaired) electrons. The topological polar surface area (TPSA) is 64.3 Å². The van der Waals surface area contributed by atoms with E-state index in [9.17, 15) is 0 Å². The van der Waals surface area contributed by atoms with Crippen molar-refractivity contribution in [1.29, 1.82) is 0 Å². The van der Waals surface area contributed by atoms with Gasteiger partial charge in [-0.1, -0.05) is 23.7 Å². The molecule has 4 rings (SSSR count). The lowest BCUT2D eigenvalue weighted by atomic mass is 10.2. The molecule has 0 spiro atoms. The Hall–Kier alpha value is -3.12. The molecule has 130 valence electrons. The van der Waals surface area contributed by atoms with Gasteiger partial charge in [0.05, 0.1) is 17.8 Å². The Bertz CT molecular complexity index is 1080. The largest absolute Gasteiger partial charge is 0.497 e. The standard InChI is InChI=1S/C19H16ClN5O/c1-12-11-17(22-16-6-4-3-5-15(16)20)25-19(21-12)23-18(24-25)13-7-9-14(26-2)10-8-13/h3-11,22H,1-2H3. The Morgan fingerprint density at radius 3 is 2.54 bits per heavy atom. The predicted molar refractivity (Wildman–Crippen MR) is 102 cm³/mol. The van der Waals surface area contributed by atoms with Crippen molar-refractivity contribution in [3.8, 4) is 17.1 Å². The number of para-hydroxylation sites is 1. The van der Waals surface area contributed by atoms with Crippen molar-refractivity contribution < 1.29 is 4.74 Å². The van der Waals surface area contributed by atoms with E-state index >= 15 is 0 Å². The monoisotopic (exact) mass is 365 g/mol. The van der Waals surface area contributed by atoms with Crippen LogP contribution < -0.4 is 10.1 Å². The van der Waals surface area contributed by atoms with E-state index in [2.05, 4.69) is 20.4 Å². The molecule has 0 aliphatic carbocycles. The van der Waals surface area contributed by atoms with Crippen LogP contribution in [0.5, 0.6) is 5.75 Å². The lowest BCUT2D eigenvalue weighted by Gasteiger charge is -2.09. The van der Waals surface area contributed by atoms with Gasteiger partial charge >= 0.3 is 0 Å². The molecule has 0 amide bonds. The summed E-state index contributed by atoms with van der Waals surface area (Å²) in [7, 11) is 1.64. The molecule has 1 N–H and O–H groups in total. The SMILES string of the molecule is COc1ccc(-c2nc3nc(C)cc(Nc4ccccc4Cl)n3n2)cc1. The second-order valence-electron chi connectivity index (χ2n) is 5.76. The van der Waals surface area contributed by atoms with E-state index in [4.69, 9.17) is 16.3 Å². The number of methoxy groups -OCH3 is 1. The molecule has 0 saturated heterocycles. The van der Waals surface area contributed by atoms with Gasteiger partial charge in [-0.3, -0.25) is 0 Å². The number of halogens is 1. The number of nitrogens with one attached hydrogen (secondary N) is 1. The molecule has 0 aliphatic heterocycles. The van der Waals surface area contributed by atoms with Crippen molar-refractivity contribution in [2.24, 2.45) is 0 Å². The highest BCUT2D eigenvalue weighted by Crippen LogP contribution is 2.26. The Balaban J connectivity index is 1.78. The third kappa shape index (κ3) is 3.07. The van der Waals surface area contributed by atoms with Crippen LogP contribution in [0.1, 0.15) is 5.69 Å². The number of hydrogen-bond donors (Lipinski definition) is 1. The van der Waals surface area contributed by atoms with Gasteiger partial charge in [0.1, 0.15) is 11.6 Å². The minimum Gasteiger partial charge on any atom is -0.497 e. The molecule has 2 aromatic heterocycles. The van der Waals surface area contributed by atoms with Gasteiger partial charge in [0.25, 0.3) is 5.78 Å². The quantitative estimate of drug-likeness (QED) is 0.576. The summed E-state index contributed by atoms with van der Waals surface area (Å²) in [5, 5.41) is 8.54. The van der Waals surface area contributed by atoms with Crippen molar-refractivity contribution in [3.05, 3.63) is 65.3 Å². The number of fused-ring (bicyclic) bond motifs is 1. The van der Waals surface area contributed by atoms with E-state index in [0.29, 0.717) is 16.6 Å². The van der Waals surface area contributed by atoms with Crippen LogP contribution in [0.2, 0.25) is 5.02 Å². The highest BCUT2D eigenvalue weighted by Gasteiger charge is 2.12. The molecular formula is C19H16ClN5O. The Morgan fingerprint density at radius 2 is 1.81 bits per heavy atom. The smallest absolute Gasteiger partial charge is 0.254 e. The van der Waals surface area contributed by atoms with Crippen LogP contribution in [0.4, 0.5) is 11.5 Å². The fourth-order valence-corrected chi connectivity index (χ4v) is 2.82. The van der Waals surface area contributed by atoms with Gasteiger partial charge in [-0.2, -0.15) is 9.50 Å². The third-order valence-electron chi connectivity index (χ3n) is 3.93. The van der Waals surface area contributed by atoms with E-state index in [1.807, 2.05) is 61.5 Å². The van der Waals surface area contributed by atoms with Crippen molar-refractivity contribution >= 4 is 28.9 Å². The number of nitrogens with zero attached hydrogens (tertiary/aromatic N) is 4. The Morgan fingerprint density at radius 1 is 1.04 bits per heavy atom. The fourth-order valence-electron chi connectivity index (χ4n) is 2.64. The van der Waals surface area contributed by atoms with Gasteiger partial charge < -0.3 is 10.1 Å². The third-order valence-corrected chi connectivity index (χ3v) is 4.25. The highest BCUT2D eigenvalue weighted by molar-refractivity contribution is 6.33. The number of anilines is 2. The van der Waals surface area contributed by atoms with Crippen LogP contribution in [0, 0.1) is 6.92 Å². The molecule has 0 atom stereocenters. The zero-order chi connectivity index (χ0) is 18.1. The number of rotatable bonds is 4. The number of aryl methyl sites for hydroxylation is 1. The minimum atomic E-state index is 0.519. The molecule has 7 heteroatoms. The first-order valence-electron chi connectivity index (χ1n) is 8.04. The summed E-state index contributed by atoms with van der Waals surface area (Å²) in [5.41, 5.74) is 2.51. The average molecular weight is 366 g/mol. The van der Waals surface area contributed by atoms with Gasteiger partial charge in [0.15, 0.2) is 5.82 Å². The summed E-state index contributed by atoms with van der Waals surface area (Å²) in [5.74, 6) is 2.64. The molecule has 2 aromatic carbocycles. The minimum absolute atomic E-state index is 0.519. The van der Waals surface area contributed by atoms with Gasteiger partial charge in [0, 0.05) is 17.3 Å². The van der Waals surface area contributed by atoms with Crippen LogP contribution in [-0.4, -0.2) is 26.7 Å². The zero-order valence-electron chi connectivity index (χ0n) is 14.3. The van der Waals surface area contributed by atoms with Gasteiger partial charge in [-0.05, 0) is 43.3 Å².